The van der Waals surface area contributed by atoms with Crippen LogP contribution in [0.3, 0.4) is 0 Å². The van der Waals surface area contributed by atoms with E-state index in [9.17, 15) is 0 Å². The Labute approximate surface area is 375 Å². The van der Waals surface area contributed by atoms with Crippen LogP contribution in [0.15, 0.2) is 224 Å². The Morgan fingerprint density at radius 1 is 0.391 bits per heavy atom. The second-order valence-corrected chi connectivity index (χ2v) is 18.0. The molecule has 3 heteroatoms. The molecule has 306 valence electrons. The van der Waals surface area contributed by atoms with Crippen molar-refractivity contribution in [2.45, 2.75) is 31.1 Å². The van der Waals surface area contributed by atoms with Gasteiger partial charge in [-0.25, -0.2) is 0 Å². The molecule has 3 aliphatic rings. The van der Waals surface area contributed by atoms with E-state index in [0.717, 1.165) is 18.5 Å². The fourth-order valence-electron chi connectivity index (χ4n) is 12.5. The zero-order valence-electron chi connectivity index (χ0n) is 35.7. The number of anilines is 6. The minimum Gasteiger partial charge on any atom is -0.310 e. The normalized spacial score (nSPS) is 18.1. The van der Waals surface area contributed by atoms with Crippen molar-refractivity contribution in [3.05, 3.63) is 247 Å². The largest absolute Gasteiger partial charge is 0.310 e. The van der Waals surface area contributed by atoms with Gasteiger partial charge in [0.2, 0.25) is 0 Å². The third-order valence-electron chi connectivity index (χ3n) is 14.8. The maximum atomic E-state index is 2.58. The average Bonchev–Trinajstić information content (AvgIpc) is 4.08. The Hall–Kier alpha value is -7.62. The predicted molar refractivity (Wildman–Crippen MR) is 266 cm³/mol. The van der Waals surface area contributed by atoms with Gasteiger partial charge in [0.05, 0.1) is 28.1 Å². The summed E-state index contributed by atoms with van der Waals surface area (Å²) >= 11 is 0. The van der Waals surface area contributed by atoms with Crippen LogP contribution < -0.4 is 9.80 Å². The summed E-state index contributed by atoms with van der Waals surface area (Å²) in [5, 5.41) is 2.53. The van der Waals surface area contributed by atoms with Crippen molar-refractivity contribution in [1.29, 1.82) is 0 Å². The van der Waals surface area contributed by atoms with E-state index in [1.165, 1.54) is 102 Å². The molecule has 3 aliphatic carbocycles. The second kappa shape index (κ2) is 14.7. The summed E-state index contributed by atoms with van der Waals surface area (Å²) in [4.78, 5) is 5.16. The summed E-state index contributed by atoms with van der Waals surface area (Å²) in [5.41, 5.74) is 19.2. The first kappa shape index (κ1) is 37.0. The lowest BCUT2D eigenvalue weighted by molar-refractivity contribution is 0.350. The Kier molecular flexibility index (Phi) is 8.52. The average molecular weight is 822 g/mol. The number of hydrogen-bond acceptors (Lipinski definition) is 2. The molecule has 0 amide bonds. The van der Waals surface area contributed by atoms with Gasteiger partial charge in [0.25, 0.3) is 0 Å². The van der Waals surface area contributed by atoms with E-state index in [4.69, 9.17) is 0 Å². The first-order valence-corrected chi connectivity index (χ1v) is 23.0. The first-order valence-electron chi connectivity index (χ1n) is 23.0. The number of nitrogens with zero attached hydrogens (tertiary/aromatic N) is 3. The molecule has 1 fully saturated rings. The second-order valence-electron chi connectivity index (χ2n) is 18.0. The van der Waals surface area contributed by atoms with E-state index < -0.39 is 0 Å². The lowest BCUT2D eigenvalue weighted by atomic mass is 9.68. The van der Waals surface area contributed by atoms with Crippen molar-refractivity contribution in [1.82, 2.24) is 4.57 Å². The van der Waals surface area contributed by atoms with Gasteiger partial charge in [0.15, 0.2) is 0 Å². The van der Waals surface area contributed by atoms with Crippen LogP contribution >= 0.6 is 0 Å². The van der Waals surface area contributed by atoms with Gasteiger partial charge in [0.1, 0.15) is 0 Å². The van der Waals surface area contributed by atoms with Gasteiger partial charge >= 0.3 is 0 Å². The first-order chi connectivity index (χ1) is 31.8. The molecule has 1 saturated carbocycles. The SMILES string of the molecule is c1ccc(-c2ccccc2N(c2ccccc2)c2cccc3c2C24c5c(cccc5N(c5ccccc5)c5ccc6c7ccccc7n(-c7ccccc7)c6c5)CC2CCC4C3)cc1. The van der Waals surface area contributed by atoms with Crippen LogP contribution in [0, 0.1) is 11.8 Å². The smallest absolute Gasteiger partial charge is 0.0561 e. The van der Waals surface area contributed by atoms with E-state index in [2.05, 4.69) is 239 Å². The van der Waals surface area contributed by atoms with Gasteiger partial charge in [-0.15, -0.1) is 0 Å². The zero-order chi connectivity index (χ0) is 42.2. The standard InChI is InChI=1S/C61H47N3/c1-5-19-42(20-6-1)51-29-13-15-31-54(51)63(48-25-9-3-10-26-48)57-34-18-22-44-40-46-36-35-45-39-43-21-17-33-56(59(43)61(45,46)60(44)57)62(47-23-7-2-8-24-47)50-37-38-53-52-30-14-16-32-55(52)64(58(53)41-50)49-27-11-4-12-28-49/h1-34,37-38,41,45-46H,35-36,39-40H2. The van der Waals surface area contributed by atoms with Crippen molar-refractivity contribution >= 4 is 55.9 Å². The van der Waals surface area contributed by atoms with Crippen molar-refractivity contribution in [3.63, 3.8) is 0 Å². The van der Waals surface area contributed by atoms with Crippen LogP contribution in [-0.4, -0.2) is 4.57 Å². The Bertz CT molecular complexity index is 3350. The van der Waals surface area contributed by atoms with E-state index in [1.807, 2.05) is 0 Å². The molecule has 0 saturated heterocycles. The van der Waals surface area contributed by atoms with Crippen LogP contribution in [0.5, 0.6) is 0 Å². The molecule has 0 bridgehead atoms. The summed E-state index contributed by atoms with van der Waals surface area (Å²) in [6.45, 7) is 0. The van der Waals surface area contributed by atoms with Crippen LogP contribution in [0.25, 0.3) is 38.6 Å². The molecule has 64 heavy (non-hydrogen) atoms. The number of rotatable bonds is 8. The summed E-state index contributed by atoms with van der Waals surface area (Å²) in [6, 6.07) is 83.3. The molecule has 0 N–H and O–H groups in total. The van der Waals surface area contributed by atoms with Crippen molar-refractivity contribution < 1.29 is 0 Å². The lowest BCUT2D eigenvalue weighted by Crippen LogP contribution is -2.34. The number of aromatic nitrogens is 1. The summed E-state index contributed by atoms with van der Waals surface area (Å²) in [7, 11) is 0. The van der Waals surface area contributed by atoms with Crippen molar-refractivity contribution in [2.75, 3.05) is 9.80 Å². The predicted octanol–water partition coefficient (Wildman–Crippen LogP) is 15.8. The molecule has 1 aromatic heterocycles. The fourth-order valence-corrected chi connectivity index (χ4v) is 12.5. The van der Waals surface area contributed by atoms with E-state index in [-0.39, 0.29) is 5.41 Å². The Balaban J connectivity index is 1.06. The van der Waals surface area contributed by atoms with Crippen LogP contribution in [-0.2, 0) is 18.3 Å². The highest BCUT2D eigenvalue weighted by atomic mass is 15.2. The highest BCUT2D eigenvalue weighted by molar-refractivity contribution is 6.10. The topological polar surface area (TPSA) is 11.4 Å². The molecule has 10 aromatic rings. The molecule has 3 nitrogen and oxygen atoms in total. The van der Waals surface area contributed by atoms with Gasteiger partial charge in [-0.2, -0.15) is 0 Å². The maximum absolute atomic E-state index is 2.58. The number of hydrogen-bond donors (Lipinski definition) is 0. The summed E-state index contributed by atoms with van der Waals surface area (Å²) in [6.07, 6.45) is 4.63. The number of fused-ring (bicyclic) bond motifs is 5. The third-order valence-corrected chi connectivity index (χ3v) is 14.8. The molecular weight excluding hydrogens is 775 g/mol. The molecular formula is C61H47N3. The number of para-hydroxylation sites is 5. The summed E-state index contributed by atoms with van der Waals surface area (Å²) < 4.78 is 2.44. The third kappa shape index (κ3) is 5.47. The monoisotopic (exact) mass is 821 g/mol. The molecule has 3 unspecified atom stereocenters. The molecule has 9 aromatic carbocycles. The van der Waals surface area contributed by atoms with Crippen molar-refractivity contribution in [2.24, 2.45) is 11.8 Å². The van der Waals surface area contributed by atoms with Gasteiger partial charge in [0, 0.05) is 44.5 Å². The highest BCUT2D eigenvalue weighted by Crippen LogP contribution is 2.69. The Morgan fingerprint density at radius 3 is 1.58 bits per heavy atom. The quantitative estimate of drug-likeness (QED) is 0.151. The molecule has 1 spiro atoms. The minimum absolute atomic E-state index is 0.164. The van der Waals surface area contributed by atoms with Crippen LogP contribution in [0.4, 0.5) is 34.1 Å². The Morgan fingerprint density at radius 2 is 0.906 bits per heavy atom. The van der Waals surface area contributed by atoms with Gasteiger partial charge in [-0.3, -0.25) is 0 Å². The lowest BCUT2D eigenvalue weighted by Gasteiger charge is -2.40. The highest BCUT2D eigenvalue weighted by Gasteiger charge is 2.62. The molecule has 0 aliphatic heterocycles. The number of benzene rings is 9. The molecule has 0 radical (unpaired) electrons. The van der Waals surface area contributed by atoms with Crippen LogP contribution in [0.1, 0.15) is 35.1 Å². The molecule has 13 rings (SSSR count). The minimum atomic E-state index is -0.164. The fraction of sp³-hybridized carbons (Fsp3) is 0.115. The van der Waals surface area contributed by atoms with Gasteiger partial charge in [-0.1, -0.05) is 152 Å². The van der Waals surface area contributed by atoms with E-state index >= 15 is 0 Å². The van der Waals surface area contributed by atoms with Crippen LogP contribution in [0.2, 0.25) is 0 Å². The van der Waals surface area contributed by atoms with Gasteiger partial charge in [-0.05, 0) is 138 Å². The summed E-state index contributed by atoms with van der Waals surface area (Å²) in [5.74, 6) is 0.998. The van der Waals surface area contributed by atoms with E-state index in [0.29, 0.717) is 11.8 Å². The zero-order valence-corrected chi connectivity index (χ0v) is 35.7. The molecule has 3 atom stereocenters. The molecule has 1 heterocycles. The van der Waals surface area contributed by atoms with E-state index in [1.54, 1.807) is 0 Å². The van der Waals surface area contributed by atoms with Gasteiger partial charge < -0.3 is 14.4 Å². The van der Waals surface area contributed by atoms with Crippen molar-refractivity contribution in [3.8, 4) is 16.8 Å². The maximum Gasteiger partial charge on any atom is 0.0561 e.